The van der Waals surface area contributed by atoms with E-state index in [4.69, 9.17) is 0 Å². The van der Waals surface area contributed by atoms with Gasteiger partial charge in [0, 0.05) is 23.0 Å². The summed E-state index contributed by atoms with van der Waals surface area (Å²) < 4.78 is 0. The molecule has 0 spiro atoms. The molecule has 4 rings (SSSR count). The number of amides is 1. The molecule has 1 saturated carbocycles. The number of aromatic nitrogens is 4. The minimum Gasteiger partial charge on any atom is -0.343 e. The van der Waals surface area contributed by atoms with Crippen LogP contribution in [0.2, 0.25) is 0 Å². The number of nitrogens with zero attached hydrogens (tertiary/aromatic N) is 3. The van der Waals surface area contributed by atoms with Crippen molar-refractivity contribution in [2.75, 3.05) is 0 Å². The zero-order valence-electron chi connectivity index (χ0n) is 13.4. The first-order valence-electron chi connectivity index (χ1n) is 8.39. The summed E-state index contributed by atoms with van der Waals surface area (Å²) in [5.74, 6) is 1.08. The Labute approximate surface area is 135 Å². The van der Waals surface area contributed by atoms with Gasteiger partial charge in [0.25, 0.3) is 5.91 Å². The molecule has 0 radical (unpaired) electrons. The van der Waals surface area contributed by atoms with E-state index < -0.39 is 0 Å². The number of H-pyrrole nitrogens is 1. The number of nitrogens with one attached hydrogen (secondary N) is 2. The molecular weight excluding hydrogens is 290 g/mol. The van der Waals surface area contributed by atoms with E-state index >= 15 is 0 Å². The van der Waals surface area contributed by atoms with E-state index in [1.165, 1.54) is 31.2 Å². The molecule has 0 unspecified atom stereocenters. The molecule has 0 saturated heterocycles. The third kappa shape index (κ3) is 2.98. The summed E-state index contributed by atoms with van der Waals surface area (Å²) in [5.41, 5.74) is 5.02. The Balaban J connectivity index is 1.43. The van der Waals surface area contributed by atoms with E-state index in [-0.39, 0.29) is 5.91 Å². The van der Waals surface area contributed by atoms with Gasteiger partial charge in [0.1, 0.15) is 11.5 Å². The van der Waals surface area contributed by atoms with E-state index in [9.17, 15) is 4.79 Å². The van der Waals surface area contributed by atoms with Crippen LogP contribution in [0.1, 0.15) is 70.6 Å². The van der Waals surface area contributed by atoms with Crippen molar-refractivity contribution in [3.8, 4) is 0 Å². The summed E-state index contributed by atoms with van der Waals surface area (Å²) >= 11 is 0. The van der Waals surface area contributed by atoms with Gasteiger partial charge in [-0.25, -0.2) is 9.97 Å². The Kier molecular flexibility index (Phi) is 3.59. The van der Waals surface area contributed by atoms with Crippen LogP contribution in [0, 0.1) is 6.92 Å². The molecule has 6 nitrogen and oxygen atoms in total. The standard InChI is InChI=1S/C17H21N5O/c1-10-12-4-2-3-5-13(12)20-16(19-10)9-18-17(23)15-8-14(21-22-15)11-6-7-11/h8,11H,2-7,9H2,1H3,(H,18,23)(H,21,22). The summed E-state index contributed by atoms with van der Waals surface area (Å²) in [6.07, 6.45) is 6.87. The summed E-state index contributed by atoms with van der Waals surface area (Å²) in [6, 6.07) is 1.85. The lowest BCUT2D eigenvalue weighted by molar-refractivity contribution is 0.0944. The van der Waals surface area contributed by atoms with Crippen LogP contribution in [-0.4, -0.2) is 26.1 Å². The molecule has 6 heteroatoms. The maximum Gasteiger partial charge on any atom is 0.272 e. The van der Waals surface area contributed by atoms with Crippen molar-refractivity contribution in [3.05, 3.63) is 40.2 Å². The first-order chi connectivity index (χ1) is 11.2. The third-order valence-electron chi connectivity index (χ3n) is 4.69. The van der Waals surface area contributed by atoms with E-state index in [2.05, 4.69) is 25.5 Å². The maximum atomic E-state index is 12.2. The molecule has 0 aromatic carbocycles. The lowest BCUT2D eigenvalue weighted by Gasteiger charge is -2.17. The van der Waals surface area contributed by atoms with Crippen LogP contribution in [0.25, 0.3) is 0 Å². The first-order valence-corrected chi connectivity index (χ1v) is 8.39. The molecule has 2 aromatic rings. The van der Waals surface area contributed by atoms with Crippen molar-refractivity contribution in [2.45, 2.75) is 57.9 Å². The molecule has 120 valence electrons. The van der Waals surface area contributed by atoms with E-state index in [0.29, 0.717) is 24.0 Å². The van der Waals surface area contributed by atoms with Crippen molar-refractivity contribution in [2.24, 2.45) is 0 Å². The summed E-state index contributed by atoms with van der Waals surface area (Å²) in [4.78, 5) is 21.4. The third-order valence-corrected chi connectivity index (χ3v) is 4.69. The van der Waals surface area contributed by atoms with Crippen LogP contribution in [0.4, 0.5) is 0 Å². The summed E-state index contributed by atoms with van der Waals surface area (Å²) in [5, 5.41) is 9.93. The topological polar surface area (TPSA) is 83.6 Å². The van der Waals surface area contributed by atoms with Gasteiger partial charge in [-0.2, -0.15) is 5.10 Å². The van der Waals surface area contributed by atoms with Gasteiger partial charge in [-0.1, -0.05) is 0 Å². The predicted octanol–water partition coefficient (Wildman–Crippen LogP) is 2.19. The number of hydrogen-bond acceptors (Lipinski definition) is 4. The maximum absolute atomic E-state index is 12.2. The Bertz CT molecular complexity index is 747. The minimum atomic E-state index is -0.174. The average molecular weight is 311 g/mol. The smallest absolute Gasteiger partial charge is 0.272 e. The largest absolute Gasteiger partial charge is 0.343 e. The van der Waals surface area contributed by atoms with Gasteiger partial charge >= 0.3 is 0 Å². The van der Waals surface area contributed by atoms with Crippen LogP contribution < -0.4 is 5.32 Å². The molecule has 2 heterocycles. The zero-order chi connectivity index (χ0) is 15.8. The van der Waals surface area contributed by atoms with Gasteiger partial charge in [-0.05, 0) is 57.1 Å². The fourth-order valence-electron chi connectivity index (χ4n) is 3.23. The van der Waals surface area contributed by atoms with Crippen LogP contribution in [-0.2, 0) is 19.4 Å². The van der Waals surface area contributed by atoms with Gasteiger partial charge in [-0.15, -0.1) is 0 Å². The molecule has 1 fully saturated rings. The Hall–Kier alpha value is -2.24. The summed E-state index contributed by atoms with van der Waals surface area (Å²) in [6.45, 7) is 2.38. The Morgan fingerprint density at radius 3 is 2.96 bits per heavy atom. The highest BCUT2D eigenvalue weighted by atomic mass is 16.1. The van der Waals surface area contributed by atoms with Gasteiger partial charge in [0.15, 0.2) is 0 Å². The second-order valence-electron chi connectivity index (χ2n) is 6.52. The molecule has 2 aliphatic carbocycles. The number of rotatable bonds is 4. The fourth-order valence-corrected chi connectivity index (χ4v) is 3.23. The van der Waals surface area contributed by atoms with Gasteiger partial charge in [0.2, 0.25) is 0 Å². The number of aromatic amines is 1. The number of aryl methyl sites for hydroxylation is 2. The zero-order valence-corrected chi connectivity index (χ0v) is 13.4. The quantitative estimate of drug-likeness (QED) is 0.906. The molecule has 1 amide bonds. The molecule has 23 heavy (non-hydrogen) atoms. The van der Waals surface area contributed by atoms with Crippen molar-refractivity contribution in [1.82, 2.24) is 25.5 Å². The molecule has 0 bridgehead atoms. The second kappa shape index (κ2) is 5.76. The van der Waals surface area contributed by atoms with Crippen LogP contribution in [0.15, 0.2) is 6.07 Å². The highest BCUT2D eigenvalue weighted by Gasteiger charge is 2.26. The number of hydrogen-bond donors (Lipinski definition) is 2. The van der Waals surface area contributed by atoms with Crippen LogP contribution >= 0.6 is 0 Å². The molecule has 2 aliphatic rings. The molecule has 2 N–H and O–H groups in total. The Morgan fingerprint density at radius 1 is 1.30 bits per heavy atom. The molecule has 0 aliphatic heterocycles. The monoisotopic (exact) mass is 311 g/mol. The molecular formula is C17H21N5O. The second-order valence-corrected chi connectivity index (χ2v) is 6.52. The van der Waals surface area contributed by atoms with Crippen LogP contribution in [0.5, 0.6) is 0 Å². The highest BCUT2D eigenvalue weighted by molar-refractivity contribution is 5.92. The predicted molar refractivity (Wildman–Crippen MR) is 85.1 cm³/mol. The van der Waals surface area contributed by atoms with Crippen molar-refractivity contribution in [3.63, 3.8) is 0 Å². The summed E-state index contributed by atoms with van der Waals surface area (Å²) in [7, 11) is 0. The highest BCUT2D eigenvalue weighted by Crippen LogP contribution is 2.38. The molecule has 2 aromatic heterocycles. The van der Waals surface area contributed by atoms with E-state index in [1.807, 2.05) is 13.0 Å². The SMILES string of the molecule is Cc1nc(CNC(=O)c2cc(C3CC3)[nH]n2)nc2c1CCCC2. The number of carbonyl (C=O) groups excluding carboxylic acids is 1. The molecule has 0 atom stereocenters. The normalized spacial score (nSPS) is 16.9. The lowest BCUT2D eigenvalue weighted by atomic mass is 9.95. The first kappa shape index (κ1) is 14.4. The minimum absolute atomic E-state index is 0.174. The van der Waals surface area contributed by atoms with Gasteiger partial charge in [-0.3, -0.25) is 9.89 Å². The number of carbonyl (C=O) groups is 1. The van der Waals surface area contributed by atoms with Crippen molar-refractivity contribution in [1.29, 1.82) is 0 Å². The fraction of sp³-hybridized carbons (Fsp3) is 0.529. The van der Waals surface area contributed by atoms with Crippen LogP contribution in [0.3, 0.4) is 0 Å². The van der Waals surface area contributed by atoms with E-state index in [0.717, 1.165) is 29.9 Å². The van der Waals surface area contributed by atoms with Crippen molar-refractivity contribution < 1.29 is 4.79 Å². The average Bonchev–Trinajstić information content (AvgIpc) is 3.30. The van der Waals surface area contributed by atoms with Gasteiger partial charge < -0.3 is 5.32 Å². The lowest BCUT2D eigenvalue weighted by Crippen LogP contribution is -2.25. The number of fused-ring (bicyclic) bond motifs is 1. The Morgan fingerprint density at radius 2 is 2.13 bits per heavy atom. The van der Waals surface area contributed by atoms with E-state index in [1.54, 1.807) is 0 Å². The van der Waals surface area contributed by atoms with Gasteiger partial charge in [0.05, 0.1) is 6.54 Å². The van der Waals surface area contributed by atoms with Crippen molar-refractivity contribution >= 4 is 5.91 Å².